The maximum Gasteiger partial charge on any atom is 0.348 e. The van der Waals surface area contributed by atoms with Gasteiger partial charge in [-0.15, -0.1) is 0 Å². The normalized spacial score (nSPS) is 10.8. The Kier molecular flexibility index (Phi) is 5.55. The first-order valence-corrected chi connectivity index (χ1v) is 7.34. The molecular formula is C11H17BrN2OS. The first kappa shape index (κ1) is 13.8. The molecule has 1 rings (SSSR count). The number of hydrogen-bond donors (Lipinski definition) is 0. The first-order chi connectivity index (χ1) is 7.57. The molecule has 0 unspecified atom stereocenters. The van der Waals surface area contributed by atoms with E-state index >= 15 is 0 Å². The van der Waals surface area contributed by atoms with Crippen LogP contribution in [0.15, 0.2) is 9.27 Å². The quantitative estimate of drug-likeness (QED) is 0.785. The Balaban J connectivity index is 2.80. The molecule has 0 aliphatic heterocycles. The molecule has 0 N–H and O–H groups in total. The lowest BCUT2D eigenvalue weighted by atomic mass is 10.3. The molecule has 5 heteroatoms. The zero-order chi connectivity index (χ0) is 12.1. The van der Waals surface area contributed by atoms with Crippen molar-refractivity contribution in [2.75, 3.05) is 11.5 Å². The summed E-state index contributed by atoms with van der Waals surface area (Å²) in [5, 5.41) is 0. The predicted molar refractivity (Wildman–Crippen MR) is 73.3 cm³/mol. The number of rotatable bonds is 5. The van der Waals surface area contributed by atoms with Gasteiger partial charge < -0.3 is 0 Å². The molecule has 90 valence electrons. The van der Waals surface area contributed by atoms with Crippen LogP contribution in [0.2, 0.25) is 0 Å². The highest BCUT2D eigenvalue weighted by atomic mass is 79.9. The summed E-state index contributed by atoms with van der Waals surface area (Å²) in [5.41, 5.74) is 1.60. The molecule has 1 heterocycles. The summed E-state index contributed by atoms with van der Waals surface area (Å²) in [6, 6.07) is 0. The third-order valence-corrected chi connectivity index (χ3v) is 4.54. The van der Waals surface area contributed by atoms with Gasteiger partial charge in [-0.1, -0.05) is 6.92 Å². The molecule has 0 atom stereocenters. The van der Waals surface area contributed by atoms with Gasteiger partial charge >= 0.3 is 5.69 Å². The van der Waals surface area contributed by atoms with Crippen LogP contribution in [0.5, 0.6) is 0 Å². The van der Waals surface area contributed by atoms with Gasteiger partial charge in [0.05, 0.1) is 10.2 Å². The second-order valence-corrected chi connectivity index (χ2v) is 5.77. The van der Waals surface area contributed by atoms with Crippen LogP contribution in [-0.2, 0) is 6.54 Å². The SMILES string of the molecule is CCSCCCn1c(C)c(Br)c(C)nc1=O. The van der Waals surface area contributed by atoms with Crippen LogP contribution in [-0.4, -0.2) is 21.1 Å². The molecule has 0 aliphatic rings. The lowest BCUT2D eigenvalue weighted by molar-refractivity contribution is 0.614. The maximum atomic E-state index is 11.7. The minimum atomic E-state index is -0.139. The van der Waals surface area contributed by atoms with Gasteiger partial charge in [-0.05, 0) is 47.7 Å². The van der Waals surface area contributed by atoms with Crippen molar-refractivity contribution in [1.82, 2.24) is 9.55 Å². The van der Waals surface area contributed by atoms with Gasteiger partial charge in [0.1, 0.15) is 0 Å². The van der Waals surface area contributed by atoms with Crippen molar-refractivity contribution in [2.45, 2.75) is 33.7 Å². The van der Waals surface area contributed by atoms with Crippen LogP contribution >= 0.6 is 27.7 Å². The fourth-order valence-electron chi connectivity index (χ4n) is 1.51. The average molecular weight is 305 g/mol. The van der Waals surface area contributed by atoms with Gasteiger partial charge in [0.25, 0.3) is 0 Å². The topological polar surface area (TPSA) is 34.9 Å². The summed E-state index contributed by atoms with van der Waals surface area (Å²) in [6.07, 6.45) is 1.01. The van der Waals surface area contributed by atoms with E-state index < -0.39 is 0 Å². The van der Waals surface area contributed by atoms with Crippen molar-refractivity contribution in [3.63, 3.8) is 0 Å². The van der Waals surface area contributed by atoms with E-state index in [1.807, 2.05) is 25.6 Å². The fraction of sp³-hybridized carbons (Fsp3) is 0.636. The summed E-state index contributed by atoms with van der Waals surface area (Å²) in [4.78, 5) is 15.7. The van der Waals surface area contributed by atoms with Crippen molar-refractivity contribution >= 4 is 27.7 Å². The first-order valence-electron chi connectivity index (χ1n) is 5.39. The zero-order valence-corrected chi connectivity index (χ0v) is 12.3. The fourth-order valence-corrected chi connectivity index (χ4v) is 2.43. The smallest absolute Gasteiger partial charge is 0.295 e. The van der Waals surface area contributed by atoms with Crippen LogP contribution in [0.1, 0.15) is 24.7 Å². The van der Waals surface area contributed by atoms with Crippen LogP contribution in [0, 0.1) is 13.8 Å². The highest BCUT2D eigenvalue weighted by Gasteiger charge is 2.08. The number of hydrogen-bond acceptors (Lipinski definition) is 3. The van der Waals surface area contributed by atoms with E-state index in [0.717, 1.165) is 40.3 Å². The Morgan fingerprint density at radius 3 is 2.75 bits per heavy atom. The van der Waals surface area contributed by atoms with Crippen LogP contribution in [0.25, 0.3) is 0 Å². The van der Waals surface area contributed by atoms with Crippen molar-refractivity contribution in [3.8, 4) is 0 Å². The molecule has 0 aromatic carbocycles. The lowest BCUT2D eigenvalue weighted by Crippen LogP contribution is -2.26. The Bertz CT molecular complexity index is 417. The number of aryl methyl sites for hydroxylation is 1. The largest absolute Gasteiger partial charge is 0.348 e. The minimum Gasteiger partial charge on any atom is -0.295 e. The molecule has 0 spiro atoms. The summed E-state index contributed by atoms with van der Waals surface area (Å²) in [6.45, 7) is 6.69. The molecule has 0 aliphatic carbocycles. The Morgan fingerprint density at radius 2 is 2.12 bits per heavy atom. The van der Waals surface area contributed by atoms with Crippen LogP contribution < -0.4 is 5.69 Å². The predicted octanol–water partition coefficient (Wildman–Crippen LogP) is 2.77. The summed E-state index contributed by atoms with van der Waals surface area (Å²) in [7, 11) is 0. The van der Waals surface area contributed by atoms with E-state index in [1.54, 1.807) is 4.57 Å². The van der Waals surface area contributed by atoms with E-state index in [-0.39, 0.29) is 5.69 Å². The maximum absolute atomic E-state index is 11.7. The molecule has 3 nitrogen and oxygen atoms in total. The highest BCUT2D eigenvalue weighted by molar-refractivity contribution is 9.10. The van der Waals surface area contributed by atoms with Crippen molar-refractivity contribution in [2.24, 2.45) is 0 Å². The number of nitrogens with zero attached hydrogens (tertiary/aromatic N) is 2. The Morgan fingerprint density at radius 1 is 1.44 bits per heavy atom. The van der Waals surface area contributed by atoms with E-state index in [0.29, 0.717) is 0 Å². The average Bonchev–Trinajstić information content (AvgIpc) is 2.25. The summed E-state index contributed by atoms with van der Waals surface area (Å²) >= 11 is 5.36. The number of halogens is 1. The molecule has 16 heavy (non-hydrogen) atoms. The molecule has 1 aromatic heterocycles. The second-order valence-electron chi connectivity index (χ2n) is 3.58. The monoisotopic (exact) mass is 304 g/mol. The van der Waals surface area contributed by atoms with Gasteiger partial charge in [-0.2, -0.15) is 16.7 Å². The molecule has 0 saturated heterocycles. The van der Waals surface area contributed by atoms with Crippen molar-refractivity contribution in [3.05, 3.63) is 26.3 Å². The summed E-state index contributed by atoms with van der Waals surface area (Å²) in [5.74, 6) is 2.22. The van der Waals surface area contributed by atoms with Gasteiger partial charge in [-0.25, -0.2) is 4.79 Å². The van der Waals surface area contributed by atoms with Gasteiger partial charge in [-0.3, -0.25) is 4.57 Å². The molecule has 0 amide bonds. The van der Waals surface area contributed by atoms with E-state index in [2.05, 4.69) is 27.8 Å². The lowest BCUT2D eigenvalue weighted by Gasteiger charge is -2.11. The van der Waals surface area contributed by atoms with Gasteiger partial charge in [0.15, 0.2) is 0 Å². The Hall–Kier alpha value is -0.290. The second kappa shape index (κ2) is 6.45. The van der Waals surface area contributed by atoms with Crippen LogP contribution in [0.3, 0.4) is 0 Å². The molecule has 0 radical (unpaired) electrons. The van der Waals surface area contributed by atoms with Crippen molar-refractivity contribution in [1.29, 1.82) is 0 Å². The minimum absolute atomic E-state index is 0.139. The third kappa shape index (κ3) is 3.35. The van der Waals surface area contributed by atoms with E-state index in [4.69, 9.17) is 0 Å². The number of thioether (sulfide) groups is 1. The van der Waals surface area contributed by atoms with Gasteiger partial charge in [0.2, 0.25) is 0 Å². The Labute approximate surface area is 109 Å². The standard InChI is InChI=1S/C11H17BrN2OS/c1-4-16-7-5-6-14-9(3)10(12)8(2)13-11(14)15/h4-7H2,1-3H3. The molecular weight excluding hydrogens is 288 g/mol. The molecule has 0 bridgehead atoms. The van der Waals surface area contributed by atoms with Crippen molar-refractivity contribution < 1.29 is 0 Å². The molecule has 0 fully saturated rings. The van der Waals surface area contributed by atoms with Crippen LogP contribution in [0.4, 0.5) is 0 Å². The zero-order valence-electron chi connectivity index (χ0n) is 9.92. The molecule has 1 aromatic rings. The third-order valence-electron chi connectivity index (χ3n) is 2.41. The van der Waals surface area contributed by atoms with E-state index in [9.17, 15) is 4.79 Å². The van der Waals surface area contributed by atoms with Gasteiger partial charge in [0, 0.05) is 12.2 Å². The van der Waals surface area contributed by atoms with E-state index in [1.165, 1.54) is 0 Å². The number of aromatic nitrogens is 2. The summed E-state index contributed by atoms with van der Waals surface area (Å²) < 4.78 is 2.68. The highest BCUT2D eigenvalue weighted by Crippen LogP contribution is 2.17. The molecule has 0 saturated carbocycles.